The number of hydrogen-bond donors (Lipinski definition) is 1. The Balaban J connectivity index is 1.23. The maximum absolute atomic E-state index is 17.4. The number of benzene rings is 2. The van der Waals surface area contributed by atoms with Gasteiger partial charge in [-0.3, -0.25) is 19.6 Å². The summed E-state index contributed by atoms with van der Waals surface area (Å²) < 4.78 is 46.1. The molecular weight excluding hydrogens is 748 g/mol. The highest BCUT2D eigenvalue weighted by Crippen LogP contribution is 2.40. The monoisotopic (exact) mass is 802 g/mol. The highest BCUT2D eigenvalue weighted by atomic mass is 19.1. The van der Waals surface area contributed by atoms with Gasteiger partial charge in [0.2, 0.25) is 0 Å². The highest BCUT2D eigenvalue weighted by Gasteiger charge is 2.45. The molecule has 58 heavy (non-hydrogen) atoms. The van der Waals surface area contributed by atoms with E-state index in [1.54, 1.807) is 19.4 Å². The lowest BCUT2D eigenvalue weighted by Crippen LogP contribution is -2.57. The molecule has 14 nitrogen and oxygen atoms in total. The van der Waals surface area contributed by atoms with E-state index in [4.69, 9.17) is 43.7 Å². The van der Waals surface area contributed by atoms with Crippen LogP contribution in [-0.2, 0) is 25.4 Å². The van der Waals surface area contributed by atoms with E-state index in [9.17, 15) is 9.59 Å². The number of carbonyl (C=O) groups is 2. The van der Waals surface area contributed by atoms with Crippen LogP contribution in [0.4, 0.5) is 15.0 Å². The molecule has 7 rings (SSSR count). The lowest BCUT2D eigenvalue weighted by molar-refractivity contribution is -0.138. The van der Waals surface area contributed by atoms with Crippen LogP contribution in [0.25, 0.3) is 32.9 Å². The molecule has 3 saturated heterocycles. The van der Waals surface area contributed by atoms with E-state index in [2.05, 4.69) is 16.7 Å². The fourth-order valence-electron chi connectivity index (χ4n) is 8.55. The number of methoxy groups -OCH3 is 1. The van der Waals surface area contributed by atoms with Crippen molar-refractivity contribution in [2.45, 2.75) is 96.4 Å². The highest BCUT2D eigenvalue weighted by molar-refractivity contribution is 6.01. The Bertz CT molecular complexity index is 2100. The van der Waals surface area contributed by atoms with Crippen LogP contribution in [0.5, 0.6) is 11.8 Å². The summed E-state index contributed by atoms with van der Waals surface area (Å²) in [6.45, 7) is 11.3. The van der Waals surface area contributed by atoms with Crippen molar-refractivity contribution >= 4 is 39.6 Å². The van der Waals surface area contributed by atoms with Crippen molar-refractivity contribution in [1.29, 1.82) is 0 Å². The zero-order valence-electron chi connectivity index (χ0n) is 34.2. The van der Waals surface area contributed by atoms with Gasteiger partial charge in [0.15, 0.2) is 12.6 Å². The third-order valence-electron chi connectivity index (χ3n) is 11.1. The number of hydrogen-bond acceptors (Lipinski definition) is 12. The van der Waals surface area contributed by atoms with Crippen molar-refractivity contribution in [3.05, 3.63) is 47.9 Å². The minimum atomic E-state index is -0.875. The number of carbonyl (C=O) groups excluding carboxylic acids is 1. The largest absolute Gasteiger partial charge is 0.481 e. The van der Waals surface area contributed by atoms with E-state index >= 15 is 4.39 Å². The molecule has 2 unspecified atom stereocenters. The molecule has 1 N–H and O–H groups in total. The number of halogens is 1. The normalized spacial score (nSPS) is 19.7. The van der Waals surface area contributed by atoms with Crippen molar-refractivity contribution in [2.75, 3.05) is 64.8 Å². The van der Waals surface area contributed by atoms with Crippen molar-refractivity contribution in [3.63, 3.8) is 0 Å². The number of likely N-dealkylation sites (tertiary alicyclic amines) is 1. The molecule has 0 aliphatic carbocycles. The number of rotatable bonds is 16. The molecule has 312 valence electrons. The number of amides is 1. The minimum absolute atomic E-state index is 0.0155. The maximum atomic E-state index is 17.4. The second kappa shape index (κ2) is 18.0. The summed E-state index contributed by atoms with van der Waals surface area (Å²) in [5, 5.41) is 11.1. The van der Waals surface area contributed by atoms with Crippen LogP contribution >= 0.6 is 0 Å². The van der Waals surface area contributed by atoms with Crippen molar-refractivity contribution in [1.82, 2.24) is 24.8 Å². The molecule has 4 aromatic rings. The van der Waals surface area contributed by atoms with Crippen molar-refractivity contribution in [2.24, 2.45) is 0 Å². The van der Waals surface area contributed by atoms with E-state index < -0.39 is 17.4 Å². The van der Waals surface area contributed by atoms with Gasteiger partial charge in [-0.05, 0) is 94.3 Å². The first-order valence-electron chi connectivity index (χ1n) is 20.4. The number of ether oxygens (including phenoxy) is 5. The van der Waals surface area contributed by atoms with Gasteiger partial charge < -0.3 is 33.7 Å². The zero-order valence-corrected chi connectivity index (χ0v) is 34.2. The summed E-state index contributed by atoms with van der Waals surface area (Å²) in [7, 11) is 1.55. The summed E-state index contributed by atoms with van der Waals surface area (Å²) in [5.41, 5.74) is 1.25. The molecule has 3 atom stereocenters. The number of pyridine rings is 1. The van der Waals surface area contributed by atoms with E-state index in [0.29, 0.717) is 48.8 Å². The average molecular weight is 803 g/mol. The third kappa shape index (κ3) is 9.21. The minimum Gasteiger partial charge on any atom is -0.481 e. The molecule has 2 bridgehead atoms. The summed E-state index contributed by atoms with van der Waals surface area (Å²) in [5.74, 6) is -0.434. The van der Waals surface area contributed by atoms with Crippen LogP contribution < -0.4 is 14.4 Å². The van der Waals surface area contributed by atoms with Gasteiger partial charge in [0, 0.05) is 51.2 Å². The summed E-state index contributed by atoms with van der Waals surface area (Å²) >= 11 is 0. The van der Waals surface area contributed by atoms with Crippen LogP contribution in [0.15, 0.2) is 36.5 Å². The van der Waals surface area contributed by atoms with Gasteiger partial charge in [0.05, 0.1) is 30.5 Å². The molecule has 15 heteroatoms. The molecule has 3 aliphatic rings. The number of aliphatic carboxylic acids is 1. The molecular formula is C43H55FN6O8. The van der Waals surface area contributed by atoms with Crippen LogP contribution in [-0.4, -0.2) is 126 Å². The molecule has 1 amide bonds. The molecule has 0 spiro atoms. The first kappa shape index (κ1) is 41.3. The predicted octanol–water partition coefficient (Wildman–Crippen LogP) is 6.84. The summed E-state index contributed by atoms with van der Waals surface area (Å²) in [4.78, 5) is 44.9. The number of nitrogens with zero attached hydrogens (tertiary/aromatic N) is 6. The van der Waals surface area contributed by atoms with Gasteiger partial charge in [-0.25, -0.2) is 9.18 Å². The van der Waals surface area contributed by atoms with Gasteiger partial charge in [0.1, 0.15) is 35.0 Å². The lowest BCUT2D eigenvalue weighted by atomic mass is 9.95. The molecule has 0 radical (unpaired) electrons. The smallest absolute Gasteiger partial charge is 0.410 e. The van der Waals surface area contributed by atoms with E-state index in [-0.39, 0.29) is 61.3 Å². The van der Waals surface area contributed by atoms with E-state index in [1.807, 2.05) is 49.9 Å². The second-order valence-electron chi connectivity index (χ2n) is 16.3. The lowest BCUT2D eigenvalue weighted by Gasteiger charge is -2.42. The van der Waals surface area contributed by atoms with Crippen LogP contribution in [0.1, 0.15) is 71.8 Å². The Kier molecular flexibility index (Phi) is 12.8. The number of carboxylic acid groups (broad SMARTS) is 1. The molecule has 3 aliphatic heterocycles. The number of anilines is 1. The number of carboxylic acids is 1. The first-order chi connectivity index (χ1) is 27.9. The third-order valence-corrected chi connectivity index (χ3v) is 11.1. The number of aryl methyl sites for hydroxylation is 1. The van der Waals surface area contributed by atoms with Gasteiger partial charge in [-0.2, -0.15) is 9.97 Å². The Morgan fingerprint density at radius 1 is 1.03 bits per heavy atom. The number of fused-ring (bicyclic) bond motifs is 4. The van der Waals surface area contributed by atoms with Gasteiger partial charge in [-0.15, -0.1) is 0 Å². The summed E-state index contributed by atoms with van der Waals surface area (Å²) in [6.07, 6.45) is 6.37. The van der Waals surface area contributed by atoms with Gasteiger partial charge in [-0.1, -0.05) is 25.1 Å². The van der Waals surface area contributed by atoms with Crippen LogP contribution in [0.2, 0.25) is 0 Å². The maximum Gasteiger partial charge on any atom is 0.410 e. The molecule has 0 saturated carbocycles. The molecule has 5 heterocycles. The quantitative estimate of drug-likeness (QED) is 0.0932. The topological polar surface area (TPSA) is 149 Å². The zero-order chi connectivity index (χ0) is 41.0. The SMILES string of the molecule is CCc1cccc2cc(OCOC)cc(-c3ncc4c(N5CC6CCC(C5)N6C(=O)OC(C)(C)C)nc(OC[C@@H]5CCCN5CCCOCCC(=O)O)nc4c3F)c12. The van der Waals surface area contributed by atoms with E-state index in [1.165, 1.54) is 0 Å². The Labute approximate surface area is 338 Å². The summed E-state index contributed by atoms with van der Waals surface area (Å²) in [6, 6.07) is 9.69. The fourth-order valence-corrected chi connectivity index (χ4v) is 8.55. The molecule has 2 aromatic heterocycles. The number of aromatic nitrogens is 3. The Morgan fingerprint density at radius 3 is 2.55 bits per heavy atom. The Morgan fingerprint density at radius 2 is 1.83 bits per heavy atom. The van der Waals surface area contributed by atoms with Gasteiger partial charge in [0.25, 0.3) is 0 Å². The average Bonchev–Trinajstić information content (AvgIpc) is 3.76. The molecule has 2 aromatic carbocycles. The van der Waals surface area contributed by atoms with E-state index in [0.717, 1.165) is 68.0 Å². The predicted molar refractivity (Wildman–Crippen MR) is 217 cm³/mol. The second-order valence-corrected chi connectivity index (χ2v) is 16.3. The van der Waals surface area contributed by atoms with Crippen LogP contribution in [0, 0.1) is 5.82 Å². The van der Waals surface area contributed by atoms with Crippen molar-refractivity contribution < 1.29 is 42.8 Å². The fraction of sp³-hybridized carbons (Fsp3) is 0.558. The van der Waals surface area contributed by atoms with Crippen LogP contribution in [0.3, 0.4) is 0 Å². The number of piperazine rings is 1. The standard InChI is InChI=1S/C43H55FN6O8/c1-6-27-10-7-11-28-20-32(57-26-54-5)21-33(36(27)28)38-37(44)39-34(22-45-38)40(49-23-29-13-14-30(24-49)50(29)42(53)58-43(2,3)4)47-41(46-39)56-25-31-12-8-16-48(31)17-9-18-55-19-15-35(51)52/h7,10-11,20-22,29-31H,6,8-9,12-19,23-26H2,1-5H3,(H,51,52)/t29?,30?,31-/m0/s1. The molecule has 3 fully saturated rings. The first-order valence-corrected chi connectivity index (χ1v) is 20.4. The Hall–Kier alpha value is -4.86. The van der Waals surface area contributed by atoms with Crippen molar-refractivity contribution in [3.8, 4) is 23.0 Å². The van der Waals surface area contributed by atoms with Gasteiger partial charge >= 0.3 is 18.1 Å².